The monoisotopic (exact) mass is 261 g/mol. The van der Waals surface area contributed by atoms with E-state index in [1.807, 2.05) is 0 Å². The molecule has 1 rings (SSSR count). The Hall–Kier alpha value is -1.15. The summed E-state index contributed by atoms with van der Waals surface area (Å²) in [7, 11) is -3.20. The van der Waals surface area contributed by atoms with Crippen molar-refractivity contribution in [1.29, 1.82) is 0 Å². The minimum absolute atomic E-state index is 0.0232. The van der Waals surface area contributed by atoms with Gasteiger partial charge in [0.1, 0.15) is 18.5 Å². The van der Waals surface area contributed by atoms with E-state index in [9.17, 15) is 13.5 Å². The molecular weight excluding hydrogens is 246 g/mol. The first-order valence-corrected chi connectivity index (χ1v) is 6.75. The lowest BCUT2D eigenvalue weighted by molar-refractivity contribution is 0.0116. The molecule has 0 heterocycles. The first-order chi connectivity index (χ1) is 7.93. The van der Waals surface area contributed by atoms with Crippen LogP contribution in [0.3, 0.4) is 0 Å². The van der Waals surface area contributed by atoms with Crippen LogP contribution in [-0.2, 0) is 14.7 Å². The molecule has 3 N–H and O–H groups in total. The number of ether oxygens (including phenoxy) is 1. The van der Waals surface area contributed by atoms with Gasteiger partial charge in [0.15, 0.2) is 9.84 Å². The van der Waals surface area contributed by atoms with Gasteiger partial charge in [-0.15, -0.1) is 0 Å². The SMILES string of the molecule is CS(=O)(=O)c1ccc(OCC(O)CON)cc1. The van der Waals surface area contributed by atoms with Gasteiger partial charge < -0.3 is 14.7 Å². The largest absolute Gasteiger partial charge is 0.491 e. The quantitative estimate of drug-likeness (QED) is 0.683. The molecule has 1 aromatic rings. The van der Waals surface area contributed by atoms with Gasteiger partial charge in [0.25, 0.3) is 0 Å². The van der Waals surface area contributed by atoms with Gasteiger partial charge in [-0.25, -0.2) is 14.3 Å². The van der Waals surface area contributed by atoms with E-state index in [0.29, 0.717) is 5.75 Å². The van der Waals surface area contributed by atoms with Crippen LogP contribution >= 0.6 is 0 Å². The molecule has 1 unspecified atom stereocenters. The molecule has 0 radical (unpaired) electrons. The number of sulfone groups is 1. The number of hydrogen-bond donors (Lipinski definition) is 2. The molecule has 6 nitrogen and oxygen atoms in total. The van der Waals surface area contributed by atoms with Gasteiger partial charge in [-0.3, -0.25) is 0 Å². The van der Waals surface area contributed by atoms with E-state index >= 15 is 0 Å². The van der Waals surface area contributed by atoms with Gasteiger partial charge >= 0.3 is 0 Å². The third-order valence-corrected chi connectivity index (χ3v) is 3.11. The summed E-state index contributed by atoms with van der Waals surface area (Å²) in [6, 6.07) is 5.92. The summed E-state index contributed by atoms with van der Waals surface area (Å²) in [5.74, 6) is 5.25. The minimum Gasteiger partial charge on any atom is -0.491 e. The smallest absolute Gasteiger partial charge is 0.175 e. The molecule has 0 aromatic heterocycles. The predicted molar refractivity (Wildman–Crippen MR) is 61.2 cm³/mol. The van der Waals surface area contributed by atoms with Crippen molar-refractivity contribution in [3.05, 3.63) is 24.3 Å². The summed E-state index contributed by atoms with van der Waals surface area (Å²) in [4.78, 5) is 4.46. The van der Waals surface area contributed by atoms with Crippen LogP contribution in [-0.4, -0.2) is 39.1 Å². The summed E-state index contributed by atoms with van der Waals surface area (Å²) in [6.07, 6.45) is 0.306. The molecular formula is C10H15NO5S. The standard InChI is InChI=1S/C10H15NO5S/c1-17(13,14)10-4-2-9(3-5-10)15-6-8(12)7-16-11/h2-5,8,12H,6-7,11H2,1H3. The number of aliphatic hydroxyl groups is 1. The Bertz CT molecular complexity index is 442. The highest BCUT2D eigenvalue weighted by molar-refractivity contribution is 7.90. The zero-order valence-corrected chi connectivity index (χ0v) is 10.2. The van der Waals surface area contributed by atoms with Crippen LogP contribution in [0.1, 0.15) is 0 Å². The zero-order valence-electron chi connectivity index (χ0n) is 9.37. The molecule has 0 saturated carbocycles. The van der Waals surface area contributed by atoms with Gasteiger partial charge in [0, 0.05) is 6.26 Å². The fourth-order valence-corrected chi connectivity index (χ4v) is 1.77. The molecule has 1 atom stereocenters. The van der Waals surface area contributed by atoms with Gasteiger partial charge in [-0.05, 0) is 24.3 Å². The topological polar surface area (TPSA) is 98.9 Å². The van der Waals surface area contributed by atoms with Crippen molar-refractivity contribution >= 4 is 9.84 Å². The Balaban J connectivity index is 2.57. The summed E-state index contributed by atoms with van der Waals surface area (Å²) in [5.41, 5.74) is 0. The molecule has 0 aliphatic carbocycles. The zero-order chi connectivity index (χ0) is 12.9. The fraction of sp³-hybridized carbons (Fsp3) is 0.400. The molecule has 17 heavy (non-hydrogen) atoms. The van der Waals surface area contributed by atoms with Crippen molar-refractivity contribution in [3.8, 4) is 5.75 Å². The first kappa shape index (κ1) is 13.9. The lowest BCUT2D eigenvalue weighted by atomic mass is 10.3. The molecule has 0 spiro atoms. The molecule has 0 aliphatic heterocycles. The third-order valence-electron chi connectivity index (χ3n) is 1.98. The normalized spacial score (nSPS) is 13.4. The van der Waals surface area contributed by atoms with Crippen LogP contribution in [0.15, 0.2) is 29.2 Å². The van der Waals surface area contributed by atoms with E-state index in [0.717, 1.165) is 6.26 Å². The van der Waals surface area contributed by atoms with Crippen molar-refractivity contribution in [2.24, 2.45) is 5.90 Å². The molecule has 96 valence electrons. The number of nitrogens with two attached hydrogens (primary N) is 1. The van der Waals surface area contributed by atoms with E-state index in [1.165, 1.54) is 24.3 Å². The van der Waals surface area contributed by atoms with Crippen molar-refractivity contribution in [2.75, 3.05) is 19.5 Å². The van der Waals surface area contributed by atoms with Gasteiger partial charge in [0.05, 0.1) is 11.5 Å². The third kappa shape index (κ3) is 4.70. The van der Waals surface area contributed by atoms with Gasteiger partial charge in [-0.2, -0.15) is 0 Å². The van der Waals surface area contributed by atoms with Crippen molar-refractivity contribution in [3.63, 3.8) is 0 Å². The maximum Gasteiger partial charge on any atom is 0.175 e. The minimum atomic E-state index is -3.20. The Morgan fingerprint density at radius 3 is 2.35 bits per heavy atom. The van der Waals surface area contributed by atoms with Crippen molar-refractivity contribution in [2.45, 2.75) is 11.0 Å². The fourth-order valence-electron chi connectivity index (χ4n) is 1.13. The van der Waals surface area contributed by atoms with Crippen molar-refractivity contribution < 1.29 is 23.1 Å². The molecule has 7 heteroatoms. The molecule has 0 aliphatic rings. The predicted octanol–water partition coefficient (Wildman–Crippen LogP) is -0.280. The van der Waals surface area contributed by atoms with Crippen LogP contribution in [0, 0.1) is 0 Å². The van der Waals surface area contributed by atoms with Crippen LogP contribution in [0.2, 0.25) is 0 Å². The van der Waals surface area contributed by atoms with Gasteiger partial charge in [0.2, 0.25) is 0 Å². The van der Waals surface area contributed by atoms with Crippen LogP contribution in [0.4, 0.5) is 0 Å². The van der Waals surface area contributed by atoms with Crippen molar-refractivity contribution in [1.82, 2.24) is 0 Å². The Labute approximate surface area is 99.8 Å². The van der Waals surface area contributed by atoms with E-state index < -0.39 is 15.9 Å². The average Bonchev–Trinajstić information content (AvgIpc) is 2.26. The van der Waals surface area contributed by atoms with E-state index in [2.05, 4.69) is 4.84 Å². The maximum atomic E-state index is 11.2. The highest BCUT2D eigenvalue weighted by Crippen LogP contribution is 2.15. The molecule has 0 amide bonds. The number of aliphatic hydroxyl groups excluding tert-OH is 1. The Kier molecular flexibility index (Phi) is 4.88. The molecule has 0 saturated heterocycles. The highest BCUT2D eigenvalue weighted by atomic mass is 32.2. The second kappa shape index (κ2) is 5.97. The Morgan fingerprint density at radius 2 is 1.88 bits per heavy atom. The summed E-state index contributed by atoms with van der Waals surface area (Å²) in [6.45, 7) is -0.00313. The van der Waals surface area contributed by atoms with Crippen LogP contribution in [0.5, 0.6) is 5.75 Å². The van der Waals surface area contributed by atoms with Crippen LogP contribution in [0.25, 0.3) is 0 Å². The number of rotatable bonds is 6. The number of hydrogen-bond acceptors (Lipinski definition) is 6. The molecule has 0 fully saturated rings. The van der Waals surface area contributed by atoms with Crippen LogP contribution < -0.4 is 10.6 Å². The second-order valence-electron chi connectivity index (χ2n) is 3.54. The van der Waals surface area contributed by atoms with Gasteiger partial charge in [-0.1, -0.05) is 0 Å². The van der Waals surface area contributed by atoms with E-state index in [4.69, 9.17) is 10.6 Å². The lowest BCUT2D eigenvalue weighted by Crippen LogP contribution is -2.25. The average molecular weight is 261 g/mol. The van der Waals surface area contributed by atoms with E-state index in [-0.39, 0.29) is 18.1 Å². The maximum absolute atomic E-state index is 11.2. The first-order valence-electron chi connectivity index (χ1n) is 4.86. The highest BCUT2D eigenvalue weighted by Gasteiger charge is 2.08. The summed E-state index contributed by atoms with van der Waals surface area (Å²) < 4.78 is 27.6. The van der Waals surface area contributed by atoms with E-state index in [1.54, 1.807) is 0 Å². The summed E-state index contributed by atoms with van der Waals surface area (Å²) in [5, 5.41) is 9.27. The molecule has 0 bridgehead atoms. The number of benzene rings is 1. The summed E-state index contributed by atoms with van der Waals surface area (Å²) >= 11 is 0. The molecule has 1 aromatic carbocycles. The lowest BCUT2D eigenvalue weighted by Gasteiger charge is -2.11. The Morgan fingerprint density at radius 1 is 1.29 bits per heavy atom. The second-order valence-corrected chi connectivity index (χ2v) is 5.56.